The van der Waals surface area contributed by atoms with Crippen LogP contribution in [0.25, 0.3) is 0 Å². The topological polar surface area (TPSA) is 9.23 Å². The molecule has 88 valence electrons. The summed E-state index contributed by atoms with van der Waals surface area (Å²) in [5.74, 6) is 0. The smallest absolute Gasteiger partial charge is 0.0575 e. The van der Waals surface area contributed by atoms with Crippen LogP contribution in [0.2, 0.25) is 0 Å². The molecule has 0 aliphatic heterocycles. The largest absolute Gasteiger partial charge is 0.378 e. The Balaban J connectivity index is 1.58. The number of benzene rings is 1. The van der Waals surface area contributed by atoms with Crippen LogP contribution in [0.1, 0.15) is 44.1 Å². The summed E-state index contributed by atoms with van der Waals surface area (Å²) >= 11 is 0. The van der Waals surface area contributed by atoms with Crippen LogP contribution in [-0.2, 0) is 11.2 Å². The third-order valence-electron chi connectivity index (χ3n) is 3.36. The molecule has 1 saturated carbocycles. The van der Waals surface area contributed by atoms with E-state index in [9.17, 15) is 0 Å². The predicted octanol–water partition coefficient (Wildman–Crippen LogP) is 3.97. The van der Waals surface area contributed by atoms with Crippen molar-refractivity contribution in [1.29, 1.82) is 0 Å². The molecule has 1 fully saturated rings. The second kappa shape index (κ2) is 6.70. The normalized spacial score (nSPS) is 17.5. The Morgan fingerprint density at radius 3 is 2.50 bits per heavy atom. The summed E-state index contributed by atoms with van der Waals surface area (Å²) in [4.78, 5) is 0. The van der Waals surface area contributed by atoms with Crippen molar-refractivity contribution >= 4 is 0 Å². The number of hydrogen-bond acceptors (Lipinski definition) is 1. The molecule has 0 aromatic heterocycles. The zero-order valence-electron chi connectivity index (χ0n) is 10.0. The average molecular weight is 218 g/mol. The first kappa shape index (κ1) is 11.7. The molecular formula is C15H22O. The fraction of sp³-hybridized carbons (Fsp3) is 0.600. The van der Waals surface area contributed by atoms with Crippen LogP contribution in [0.5, 0.6) is 0 Å². The van der Waals surface area contributed by atoms with Gasteiger partial charge in [-0.1, -0.05) is 49.6 Å². The zero-order valence-corrected chi connectivity index (χ0v) is 10.0. The Morgan fingerprint density at radius 2 is 1.75 bits per heavy atom. The third-order valence-corrected chi connectivity index (χ3v) is 3.36. The van der Waals surface area contributed by atoms with E-state index in [-0.39, 0.29) is 0 Å². The number of ether oxygens (including phenoxy) is 1. The van der Waals surface area contributed by atoms with Crippen LogP contribution in [0.4, 0.5) is 0 Å². The van der Waals surface area contributed by atoms with Crippen molar-refractivity contribution in [3.63, 3.8) is 0 Å². The van der Waals surface area contributed by atoms with Gasteiger partial charge in [-0.05, 0) is 31.2 Å². The summed E-state index contributed by atoms with van der Waals surface area (Å²) in [6.45, 7) is 0.930. The second-order valence-electron chi connectivity index (χ2n) is 4.72. The first-order chi connectivity index (χ1) is 7.95. The van der Waals surface area contributed by atoms with Crippen molar-refractivity contribution in [1.82, 2.24) is 0 Å². The number of rotatable bonds is 5. The van der Waals surface area contributed by atoms with Crippen molar-refractivity contribution < 1.29 is 4.74 Å². The van der Waals surface area contributed by atoms with Gasteiger partial charge in [0.25, 0.3) is 0 Å². The highest BCUT2D eigenvalue weighted by molar-refractivity contribution is 5.14. The minimum atomic E-state index is 0.560. The Hall–Kier alpha value is -0.820. The molecule has 1 aliphatic rings. The Morgan fingerprint density at radius 1 is 1.00 bits per heavy atom. The molecule has 0 N–H and O–H groups in total. The van der Waals surface area contributed by atoms with Gasteiger partial charge in [0.15, 0.2) is 0 Å². The quantitative estimate of drug-likeness (QED) is 0.679. The van der Waals surface area contributed by atoms with Crippen LogP contribution in [0, 0.1) is 0 Å². The van der Waals surface area contributed by atoms with Crippen molar-refractivity contribution in [2.24, 2.45) is 0 Å². The molecule has 0 unspecified atom stereocenters. The summed E-state index contributed by atoms with van der Waals surface area (Å²) in [5.41, 5.74) is 1.43. The van der Waals surface area contributed by atoms with E-state index in [1.165, 1.54) is 37.7 Å². The Labute approximate surface area is 98.8 Å². The van der Waals surface area contributed by atoms with Gasteiger partial charge in [0.05, 0.1) is 6.10 Å². The minimum Gasteiger partial charge on any atom is -0.378 e. The van der Waals surface area contributed by atoms with Crippen molar-refractivity contribution in [2.45, 2.75) is 51.0 Å². The van der Waals surface area contributed by atoms with Crippen LogP contribution in [0.15, 0.2) is 30.3 Å². The fourth-order valence-electron chi connectivity index (χ4n) is 2.40. The van der Waals surface area contributed by atoms with E-state index in [1.807, 2.05) is 0 Å². The van der Waals surface area contributed by atoms with Crippen LogP contribution >= 0.6 is 0 Å². The van der Waals surface area contributed by atoms with E-state index in [0.29, 0.717) is 6.10 Å². The molecule has 1 aliphatic carbocycles. The van der Waals surface area contributed by atoms with Gasteiger partial charge in [-0.2, -0.15) is 0 Å². The highest BCUT2D eigenvalue weighted by atomic mass is 16.5. The summed E-state index contributed by atoms with van der Waals surface area (Å²) in [5, 5.41) is 0. The summed E-state index contributed by atoms with van der Waals surface area (Å²) in [6.07, 6.45) is 9.56. The van der Waals surface area contributed by atoms with Gasteiger partial charge in [0.1, 0.15) is 0 Å². The standard InChI is InChI=1S/C15H22O/c1-3-8-14(9-4-1)10-7-13-16-15-11-5-2-6-12-15/h1,3-4,8-9,15H,2,5-7,10-13H2. The first-order valence-electron chi connectivity index (χ1n) is 6.61. The molecule has 1 nitrogen and oxygen atoms in total. The molecule has 0 bridgehead atoms. The molecular weight excluding hydrogens is 196 g/mol. The van der Waals surface area contributed by atoms with E-state index < -0.39 is 0 Å². The van der Waals surface area contributed by atoms with E-state index in [2.05, 4.69) is 30.3 Å². The van der Waals surface area contributed by atoms with Gasteiger partial charge in [-0.25, -0.2) is 0 Å². The molecule has 16 heavy (non-hydrogen) atoms. The van der Waals surface area contributed by atoms with Gasteiger partial charge in [0.2, 0.25) is 0 Å². The SMILES string of the molecule is c1ccc(CCCOC2CCCCC2)cc1. The number of hydrogen-bond donors (Lipinski definition) is 0. The molecule has 0 amide bonds. The van der Waals surface area contributed by atoms with E-state index in [4.69, 9.17) is 4.74 Å². The van der Waals surface area contributed by atoms with Gasteiger partial charge >= 0.3 is 0 Å². The van der Waals surface area contributed by atoms with Crippen LogP contribution < -0.4 is 0 Å². The lowest BCUT2D eigenvalue weighted by atomic mass is 9.98. The fourth-order valence-corrected chi connectivity index (χ4v) is 2.40. The van der Waals surface area contributed by atoms with E-state index >= 15 is 0 Å². The van der Waals surface area contributed by atoms with Crippen molar-refractivity contribution in [2.75, 3.05) is 6.61 Å². The Kier molecular flexibility index (Phi) is 4.88. The average Bonchev–Trinajstić information content (AvgIpc) is 2.37. The molecule has 2 rings (SSSR count). The maximum atomic E-state index is 5.90. The number of aryl methyl sites for hydroxylation is 1. The lowest BCUT2D eigenvalue weighted by Crippen LogP contribution is -2.17. The van der Waals surface area contributed by atoms with Gasteiger partial charge < -0.3 is 4.74 Å². The molecule has 1 aromatic rings. The zero-order chi connectivity index (χ0) is 11.1. The lowest BCUT2D eigenvalue weighted by molar-refractivity contribution is 0.0273. The van der Waals surface area contributed by atoms with Gasteiger partial charge in [0, 0.05) is 6.61 Å². The van der Waals surface area contributed by atoms with Crippen molar-refractivity contribution in [3.05, 3.63) is 35.9 Å². The molecule has 0 saturated heterocycles. The maximum Gasteiger partial charge on any atom is 0.0575 e. The van der Waals surface area contributed by atoms with Gasteiger partial charge in [-0.3, -0.25) is 0 Å². The molecule has 1 aromatic carbocycles. The third kappa shape index (κ3) is 3.97. The Bertz CT molecular complexity index is 275. The molecule has 0 spiro atoms. The highest BCUT2D eigenvalue weighted by Gasteiger charge is 2.12. The maximum absolute atomic E-state index is 5.90. The van der Waals surface area contributed by atoms with E-state index in [0.717, 1.165) is 19.4 Å². The van der Waals surface area contributed by atoms with Gasteiger partial charge in [-0.15, -0.1) is 0 Å². The highest BCUT2D eigenvalue weighted by Crippen LogP contribution is 2.20. The summed E-state index contributed by atoms with van der Waals surface area (Å²) < 4.78 is 5.90. The van der Waals surface area contributed by atoms with E-state index in [1.54, 1.807) is 0 Å². The summed E-state index contributed by atoms with van der Waals surface area (Å²) in [6, 6.07) is 10.7. The molecule has 1 heteroatoms. The first-order valence-corrected chi connectivity index (χ1v) is 6.61. The molecule has 0 heterocycles. The van der Waals surface area contributed by atoms with Crippen LogP contribution in [0.3, 0.4) is 0 Å². The monoisotopic (exact) mass is 218 g/mol. The minimum absolute atomic E-state index is 0.560. The van der Waals surface area contributed by atoms with Crippen LogP contribution in [-0.4, -0.2) is 12.7 Å². The molecule has 0 atom stereocenters. The van der Waals surface area contributed by atoms with Crippen molar-refractivity contribution in [3.8, 4) is 0 Å². The lowest BCUT2D eigenvalue weighted by Gasteiger charge is -2.21. The predicted molar refractivity (Wildman–Crippen MR) is 67.6 cm³/mol. The summed E-state index contributed by atoms with van der Waals surface area (Å²) in [7, 11) is 0. The second-order valence-corrected chi connectivity index (χ2v) is 4.72. The molecule has 0 radical (unpaired) electrons.